The fraction of sp³-hybridized carbons (Fsp3) is 0.643. The highest BCUT2D eigenvalue weighted by molar-refractivity contribution is 5.77. The summed E-state index contributed by atoms with van der Waals surface area (Å²) >= 11 is 0. The van der Waals surface area contributed by atoms with E-state index in [-0.39, 0.29) is 18.0 Å². The van der Waals surface area contributed by atoms with Crippen LogP contribution in [0.5, 0.6) is 0 Å². The standard InChI is InChI=1S/C14H22N2O3/c1-10-6-8-19-14(10)13-11(15)4-3-5-12(17)16(13)7-9-18-2/h6,8,11,13H,3-5,7,9,15H2,1-2H3. The molecule has 0 aliphatic carbocycles. The lowest BCUT2D eigenvalue weighted by Crippen LogP contribution is -2.43. The number of nitrogens with two attached hydrogens (primary N) is 1. The van der Waals surface area contributed by atoms with Crippen molar-refractivity contribution in [1.82, 2.24) is 4.90 Å². The first-order chi connectivity index (χ1) is 9.15. The van der Waals surface area contributed by atoms with Crippen molar-refractivity contribution < 1.29 is 13.9 Å². The molecular formula is C14H22N2O3. The normalized spacial score (nSPS) is 24.6. The molecule has 106 valence electrons. The number of rotatable bonds is 4. The number of methoxy groups -OCH3 is 1. The number of ether oxygens (including phenoxy) is 1. The molecule has 1 aromatic rings. The van der Waals surface area contributed by atoms with E-state index in [4.69, 9.17) is 14.9 Å². The molecule has 2 rings (SSSR count). The van der Waals surface area contributed by atoms with Crippen LogP contribution in [0.1, 0.15) is 36.6 Å². The number of amides is 1. The lowest BCUT2D eigenvalue weighted by molar-refractivity contribution is -0.134. The van der Waals surface area contributed by atoms with Gasteiger partial charge >= 0.3 is 0 Å². The van der Waals surface area contributed by atoms with Gasteiger partial charge in [0.2, 0.25) is 5.91 Å². The highest BCUT2D eigenvalue weighted by Crippen LogP contribution is 2.32. The van der Waals surface area contributed by atoms with Gasteiger partial charge in [-0.1, -0.05) is 0 Å². The van der Waals surface area contributed by atoms with E-state index in [0.29, 0.717) is 19.6 Å². The number of nitrogens with zero attached hydrogens (tertiary/aromatic N) is 1. The molecule has 2 atom stereocenters. The molecule has 2 unspecified atom stereocenters. The van der Waals surface area contributed by atoms with Crippen molar-refractivity contribution in [3.8, 4) is 0 Å². The largest absolute Gasteiger partial charge is 0.467 e. The van der Waals surface area contributed by atoms with Crippen LogP contribution < -0.4 is 5.73 Å². The van der Waals surface area contributed by atoms with Gasteiger partial charge in [0.25, 0.3) is 0 Å². The second-order valence-electron chi connectivity index (χ2n) is 5.05. The van der Waals surface area contributed by atoms with Crippen molar-refractivity contribution in [2.75, 3.05) is 20.3 Å². The number of likely N-dealkylation sites (tertiary alicyclic amines) is 1. The number of furan rings is 1. The van der Waals surface area contributed by atoms with Gasteiger partial charge in [-0.3, -0.25) is 4.79 Å². The summed E-state index contributed by atoms with van der Waals surface area (Å²) in [5, 5.41) is 0. The van der Waals surface area contributed by atoms with Gasteiger partial charge in [0.1, 0.15) is 11.8 Å². The van der Waals surface area contributed by atoms with Crippen LogP contribution in [0.2, 0.25) is 0 Å². The monoisotopic (exact) mass is 266 g/mol. The third-order valence-corrected chi connectivity index (χ3v) is 3.70. The molecule has 5 nitrogen and oxygen atoms in total. The van der Waals surface area contributed by atoms with Crippen LogP contribution in [0.25, 0.3) is 0 Å². The highest BCUT2D eigenvalue weighted by Gasteiger charge is 2.35. The van der Waals surface area contributed by atoms with Crippen LogP contribution >= 0.6 is 0 Å². The summed E-state index contributed by atoms with van der Waals surface area (Å²) in [6.45, 7) is 3.04. The fourth-order valence-electron chi connectivity index (χ4n) is 2.65. The zero-order chi connectivity index (χ0) is 13.8. The van der Waals surface area contributed by atoms with E-state index in [1.165, 1.54) is 0 Å². The SMILES string of the molecule is COCCN1C(=O)CCCC(N)C1c1occc1C. The third kappa shape index (κ3) is 2.98. The Labute approximate surface area is 113 Å². The molecule has 19 heavy (non-hydrogen) atoms. The van der Waals surface area contributed by atoms with Crippen molar-refractivity contribution in [3.63, 3.8) is 0 Å². The predicted octanol–water partition coefficient (Wildman–Crippen LogP) is 1.62. The molecule has 1 aromatic heterocycles. The van der Waals surface area contributed by atoms with E-state index in [2.05, 4.69) is 0 Å². The van der Waals surface area contributed by atoms with Gasteiger partial charge in [-0.05, 0) is 31.4 Å². The molecular weight excluding hydrogens is 244 g/mol. The van der Waals surface area contributed by atoms with Gasteiger partial charge < -0.3 is 19.8 Å². The van der Waals surface area contributed by atoms with Crippen molar-refractivity contribution in [1.29, 1.82) is 0 Å². The van der Waals surface area contributed by atoms with Crippen LogP contribution in [-0.2, 0) is 9.53 Å². The number of carbonyl (C=O) groups excluding carboxylic acids is 1. The summed E-state index contributed by atoms with van der Waals surface area (Å²) < 4.78 is 10.7. The summed E-state index contributed by atoms with van der Waals surface area (Å²) in [5.74, 6) is 0.935. The molecule has 1 aliphatic rings. The van der Waals surface area contributed by atoms with Crippen molar-refractivity contribution >= 4 is 5.91 Å². The minimum Gasteiger partial charge on any atom is -0.467 e. The maximum atomic E-state index is 12.3. The molecule has 2 N–H and O–H groups in total. The summed E-state index contributed by atoms with van der Waals surface area (Å²) in [6.07, 6.45) is 3.87. The van der Waals surface area contributed by atoms with Crippen molar-refractivity contribution in [2.24, 2.45) is 5.73 Å². The van der Waals surface area contributed by atoms with Gasteiger partial charge in [-0.15, -0.1) is 0 Å². The molecule has 0 aromatic carbocycles. The number of carbonyl (C=O) groups is 1. The van der Waals surface area contributed by atoms with E-state index in [0.717, 1.165) is 24.2 Å². The second kappa shape index (κ2) is 6.21. The lowest BCUT2D eigenvalue weighted by Gasteiger charge is -2.32. The van der Waals surface area contributed by atoms with Crippen LogP contribution in [0, 0.1) is 6.92 Å². The molecule has 1 amide bonds. The van der Waals surface area contributed by atoms with Gasteiger partial charge in [-0.25, -0.2) is 0 Å². The van der Waals surface area contributed by atoms with E-state index in [1.54, 1.807) is 13.4 Å². The Kier molecular flexibility index (Phi) is 4.61. The Hall–Kier alpha value is -1.33. The molecule has 0 spiro atoms. The molecule has 5 heteroatoms. The minimum atomic E-state index is -0.180. The number of hydrogen-bond donors (Lipinski definition) is 1. The summed E-state index contributed by atoms with van der Waals surface area (Å²) in [4.78, 5) is 14.1. The van der Waals surface area contributed by atoms with Crippen LogP contribution in [-0.4, -0.2) is 37.1 Å². The average molecular weight is 266 g/mol. The van der Waals surface area contributed by atoms with Crippen LogP contribution in [0.3, 0.4) is 0 Å². The minimum absolute atomic E-state index is 0.0897. The molecule has 0 saturated carbocycles. The maximum Gasteiger partial charge on any atom is 0.223 e. The van der Waals surface area contributed by atoms with E-state index in [9.17, 15) is 4.79 Å². The topological polar surface area (TPSA) is 68.7 Å². The molecule has 1 fully saturated rings. The third-order valence-electron chi connectivity index (χ3n) is 3.70. The first-order valence-corrected chi connectivity index (χ1v) is 6.73. The molecule has 0 bridgehead atoms. The van der Waals surface area contributed by atoms with Crippen LogP contribution in [0.4, 0.5) is 0 Å². The Balaban J connectivity index is 2.31. The van der Waals surface area contributed by atoms with E-state index < -0.39 is 0 Å². The van der Waals surface area contributed by atoms with E-state index >= 15 is 0 Å². The zero-order valence-corrected chi connectivity index (χ0v) is 11.6. The van der Waals surface area contributed by atoms with Gasteiger partial charge in [0.05, 0.1) is 12.9 Å². The Morgan fingerprint density at radius 2 is 2.37 bits per heavy atom. The van der Waals surface area contributed by atoms with Gasteiger partial charge in [-0.2, -0.15) is 0 Å². The van der Waals surface area contributed by atoms with Gasteiger partial charge in [0.15, 0.2) is 0 Å². The Morgan fingerprint density at radius 1 is 1.58 bits per heavy atom. The summed E-state index contributed by atoms with van der Waals surface area (Å²) in [5.41, 5.74) is 7.31. The molecule has 1 saturated heterocycles. The highest BCUT2D eigenvalue weighted by atomic mass is 16.5. The smallest absolute Gasteiger partial charge is 0.223 e. The molecule has 2 heterocycles. The first-order valence-electron chi connectivity index (χ1n) is 6.73. The Bertz CT molecular complexity index is 430. The number of hydrogen-bond acceptors (Lipinski definition) is 4. The van der Waals surface area contributed by atoms with Gasteiger partial charge in [0, 0.05) is 26.1 Å². The zero-order valence-electron chi connectivity index (χ0n) is 11.6. The van der Waals surface area contributed by atoms with E-state index in [1.807, 2.05) is 17.9 Å². The summed E-state index contributed by atoms with van der Waals surface area (Å²) in [7, 11) is 1.63. The number of aryl methyl sites for hydroxylation is 1. The van der Waals surface area contributed by atoms with Crippen molar-refractivity contribution in [2.45, 2.75) is 38.3 Å². The fourth-order valence-corrected chi connectivity index (χ4v) is 2.65. The maximum absolute atomic E-state index is 12.3. The quantitative estimate of drug-likeness (QED) is 0.899. The van der Waals surface area contributed by atoms with Crippen LogP contribution in [0.15, 0.2) is 16.7 Å². The first kappa shape index (κ1) is 14.1. The predicted molar refractivity (Wildman–Crippen MR) is 71.6 cm³/mol. The second-order valence-corrected chi connectivity index (χ2v) is 5.05. The molecule has 0 radical (unpaired) electrons. The van der Waals surface area contributed by atoms with Crippen molar-refractivity contribution in [3.05, 3.63) is 23.7 Å². The Morgan fingerprint density at radius 3 is 3.00 bits per heavy atom. The molecule has 1 aliphatic heterocycles. The lowest BCUT2D eigenvalue weighted by atomic mass is 9.99. The summed E-state index contributed by atoms with van der Waals surface area (Å²) in [6, 6.07) is 1.64. The average Bonchev–Trinajstić information content (AvgIpc) is 2.74.